The first-order valence-corrected chi connectivity index (χ1v) is 5.41. The standard InChI is InChI=1S/C12H11N3O3/c1-15-8-4-7(10-5-11(13)14-18-10)2-3-9(8)17-6-12(15)16/h2-5H,6H2,1H3,(H2,13,14). The monoisotopic (exact) mass is 245 g/mol. The van der Waals surface area contributed by atoms with Gasteiger partial charge in [0.05, 0.1) is 5.69 Å². The lowest BCUT2D eigenvalue weighted by molar-refractivity contribution is -0.120. The Bertz CT molecular complexity index is 621. The van der Waals surface area contributed by atoms with Gasteiger partial charge in [0.15, 0.2) is 18.2 Å². The Balaban J connectivity index is 2.07. The Morgan fingerprint density at radius 3 is 2.94 bits per heavy atom. The summed E-state index contributed by atoms with van der Waals surface area (Å²) in [6, 6.07) is 7.08. The van der Waals surface area contributed by atoms with E-state index in [1.165, 1.54) is 0 Å². The fraction of sp³-hybridized carbons (Fsp3) is 0.167. The Kier molecular flexibility index (Phi) is 2.22. The number of benzene rings is 1. The van der Waals surface area contributed by atoms with Crippen LogP contribution in [0.5, 0.6) is 5.75 Å². The van der Waals surface area contributed by atoms with Gasteiger partial charge in [0.1, 0.15) is 5.75 Å². The van der Waals surface area contributed by atoms with Gasteiger partial charge < -0.3 is 19.9 Å². The summed E-state index contributed by atoms with van der Waals surface area (Å²) in [5, 5.41) is 3.63. The Hall–Kier alpha value is -2.50. The van der Waals surface area contributed by atoms with Crippen molar-refractivity contribution >= 4 is 17.4 Å². The summed E-state index contributed by atoms with van der Waals surface area (Å²) < 4.78 is 10.4. The molecular weight excluding hydrogens is 234 g/mol. The van der Waals surface area contributed by atoms with E-state index in [2.05, 4.69) is 5.16 Å². The molecule has 0 saturated carbocycles. The van der Waals surface area contributed by atoms with Gasteiger partial charge in [-0.15, -0.1) is 0 Å². The first-order chi connectivity index (χ1) is 8.65. The highest BCUT2D eigenvalue weighted by Crippen LogP contribution is 2.35. The molecule has 0 spiro atoms. The zero-order valence-corrected chi connectivity index (χ0v) is 9.71. The largest absolute Gasteiger partial charge is 0.482 e. The molecule has 0 saturated heterocycles. The van der Waals surface area contributed by atoms with Crippen molar-refractivity contribution in [2.24, 2.45) is 0 Å². The topological polar surface area (TPSA) is 81.6 Å². The second-order valence-corrected chi connectivity index (χ2v) is 4.04. The van der Waals surface area contributed by atoms with Gasteiger partial charge in [0.2, 0.25) is 0 Å². The smallest absolute Gasteiger partial charge is 0.264 e. The van der Waals surface area contributed by atoms with Gasteiger partial charge in [0.25, 0.3) is 5.91 Å². The van der Waals surface area contributed by atoms with Crippen molar-refractivity contribution in [2.75, 3.05) is 24.3 Å². The molecule has 0 atom stereocenters. The van der Waals surface area contributed by atoms with Crippen molar-refractivity contribution in [3.05, 3.63) is 24.3 Å². The molecule has 2 heterocycles. The minimum absolute atomic E-state index is 0.0676. The quantitative estimate of drug-likeness (QED) is 0.818. The Labute approximate surface area is 103 Å². The maximum atomic E-state index is 11.6. The van der Waals surface area contributed by atoms with Crippen LogP contribution in [0.1, 0.15) is 0 Å². The van der Waals surface area contributed by atoms with Gasteiger partial charge in [-0.2, -0.15) is 0 Å². The minimum atomic E-state index is -0.0864. The van der Waals surface area contributed by atoms with Crippen molar-refractivity contribution in [1.82, 2.24) is 5.16 Å². The van der Waals surface area contributed by atoms with Crippen LogP contribution in [0.2, 0.25) is 0 Å². The number of carbonyl (C=O) groups excluding carboxylic acids is 1. The zero-order chi connectivity index (χ0) is 12.7. The number of carbonyl (C=O) groups is 1. The van der Waals surface area contributed by atoms with Gasteiger partial charge in [-0.05, 0) is 18.2 Å². The lowest BCUT2D eigenvalue weighted by Crippen LogP contribution is -2.35. The normalized spacial score (nSPS) is 14.3. The average molecular weight is 245 g/mol. The Morgan fingerprint density at radius 1 is 1.39 bits per heavy atom. The number of nitrogens with two attached hydrogens (primary N) is 1. The number of anilines is 2. The van der Waals surface area contributed by atoms with Crippen molar-refractivity contribution in [2.45, 2.75) is 0 Å². The molecule has 1 aromatic heterocycles. The number of likely N-dealkylation sites (N-methyl/N-ethyl adjacent to an activating group) is 1. The van der Waals surface area contributed by atoms with Crippen LogP contribution < -0.4 is 15.4 Å². The highest BCUT2D eigenvalue weighted by molar-refractivity contribution is 5.98. The van der Waals surface area contributed by atoms with E-state index in [0.717, 1.165) is 5.56 Å². The molecule has 1 aliphatic heterocycles. The first-order valence-electron chi connectivity index (χ1n) is 5.41. The van der Waals surface area contributed by atoms with Crippen molar-refractivity contribution in [1.29, 1.82) is 0 Å². The van der Waals surface area contributed by atoms with E-state index in [4.69, 9.17) is 15.0 Å². The average Bonchev–Trinajstić information content (AvgIpc) is 2.80. The number of aromatic nitrogens is 1. The van der Waals surface area contributed by atoms with Crippen LogP contribution in [0.25, 0.3) is 11.3 Å². The third kappa shape index (κ3) is 1.58. The maximum Gasteiger partial charge on any atom is 0.264 e. The number of rotatable bonds is 1. The second kappa shape index (κ2) is 3.76. The maximum absolute atomic E-state index is 11.6. The van der Waals surface area contributed by atoms with E-state index in [9.17, 15) is 4.79 Å². The molecule has 0 bridgehead atoms. The summed E-state index contributed by atoms with van der Waals surface area (Å²) in [5.74, 6) is 1.47. The van der Waals surface area contributed by atoms with Crippen LogP contribution in [0.4, 0.5) is 11.5 Å². The summed E-state index contributed by atoms with van der Waals surface area (Å²) in [6.07, 6.45) is 0. The van der Waals surface area contributed by atoms with Crippen LogP contribution >= 0.6 is 0 Å². The highest BCUT2D eigenvalue weighted by Gasteiger charge is 2.23. The van der Waals surface area contributed by atoms with E-state index in [0.29, 0.717) is 23.0 Å². The van der Waals surface area contributed by atoms with E-state index >= 15 is 0 Å². The number of ether oxygens (including phenoxy) is 1. The number of amides is 1. The highest BCUT2D eigenvalue weighted by atomic mass is 16.5. The lowest BCUT2D eigenvalue weighted by atomic mass is 10.1. The summed E-state index contributed by atoms with van der Waals surface area (Å²) in [4.78, 5) is 13.1. The second-order valence-electron chi connectivity index (χ2n) is 4.04. The van der Waals surface area contributed by atoms with Gasteiger partial charge in [-0.25, -0.2) is 0 Å². The summed E-state index contributed by atoms with van der Waals surface area (Å²) in [7, 11) is 1.71. The molecule has 0 radical (unpaired) electrons. The number of hydrogen-bond acceptors (Lipinski definition) is 5. The summed E-state index contributed by atoms with van der Waals surface area (Å²) >= 11 is 0. The summed E-state index contributed by atoms with van der Waals surface area (Å²) in [6.45, 7) is 0.0676. The first kappa shape index (κ1) is 10.6. The van der Waals surface area contributed by atoms with E-state index < -0.39 is 0 Å². The van der Waals surface area contributed by atoms with Crippen molar-refractivity contribution in [3.8, 4) is 17.1 Å². The fourth-order valence-electron chi connectivity index (χ4n) is 1.85. The molecule has 18 heavy (non-hydrogen) atoms. The number of nitrogens with zero attached hydrogens (tertiary/aromatic N) is 2. The van der Waals surface area contributed by atoms with Gasteiger partial charge in [-0.3, -0.25) is 4.79 Å². The molecule has 2 N–H and O–H groups in total. The van der Waals surface area contributed by atoms with E-state index in [1.807, 2.05) is 12.1 Å². The van der Waals surface area contributed by atoms with E-state index in [1.54, 1.807) is 24.1 Å². The molecule has 2 aromatic rings. The van der Waals surface area contributed by atoms with Gasteiger partial charge in [-0.1, -0.05) is 5.16 Å². The van der Waals surface area contributed by atoms with Crippen LogP contribution in [0, 0.1) is 0 Å². The van der Waals surface area contributed by atoms with Crippen molar-refractivity contribution < 1.29 is 14.1 Å². The zero-order valence-electron chi connectivity index (χ0n) is 9.71. The molecule has 0 aliphatic carbocycles. The number of nitrogen functional groups attached to an aromatic ring is 1. The number of fused-ring (bicyclic) bond motifs is 1. The predicted octanol–water partition coefficient (Wildman–Crippen LogP) is 1.28. The molecule has 6 heteroatoms. The SMILES string of the molecule is CN1C(=O)COc2ccc(-c3cc(N)no3)cc21. The van der Waals surface area contributed by atoms with Gasteiger partial charge >= 0.3 is 0 Å². The third-order valence-electron chi connectivity index (χ3n) is 2.86. The fourth-order valence-corrected chi connectivity index (χ4v) is 1.85. The molecule has 3 rings (SSSR count). The molecular formula is C12H11N3O3. The Morgan fingerprint density at radius 2 is 2.22 bits per heavy atom. The minimum Gasteiger partial charge on any atom is -0.482 e. The molecule has 92 valence electrons. The molecule has 1 amide bonds. The summed E-state index contributed by atoms with van der Waals surface area (Å²) in [5.41, 5.74) is 7.01. The molecule has 6 nitrogen and oxygen atoms in total. The number of hydrogen-bond donors (Lipinski definition) is 1. The molecule has 0 unspecified atom stereocenters. The third-order valence-corrected chi connectivity index (χ3v) is 2.86. The van der Waals surface area contributed by atoms with Gasteiger partial charge in [0, 0.05) is 18.7 Å². The molecule has 0 fully saturated rings. The van der Waals surface area contributed by atoms with Crippen molar-refractivity contribution in [3.63, 3.8) is 0 Å². The molecule has 1 aliphatic rings. The van der Waals surface area contributed by atoms with E-state index in [-0.39, 0.29) is 12.5 Å². The van der Waals surface area contributed by atoms with Crippen LogP contribution in [0.3, 0.4) is 0 Å². The molecule has 1 aromatic carbocycles. The van der Waals surface area contributed by atoms with Crippen LogP contribution in [-0.2, 0) is 4.79 Å². The van der Waals surface area contributed by atoms with Crippen LogP contribution in [-0.4, -0.2) is 24.7 Å². The predicted molar refractivity (Wildman–Crippen MR) is 65.3 cm³/mol. The lowest BCUT2D eigenvalue weighted by Gasteiger charge is -2.26. The van der Waals surface area contributed by atoms with Crippen LogP contribution in [0.15, 0.2) is 28.8 Å².